The maximum absolute atomic E-state index is 11.8. The highest BCUT2D eigenvalue weighted by molar-refractivity contribution is 5.85. The Bertz CT molecular complexity index is 3120. The van der Waals surface area contributed by atoms with Gasteiger partial charge in [-0.3, -0.25) is 14.6 Å². The van der Waals surface area contributed by atoms with E-state index in [1.165, 1.54) is 6.33 Å². The van der Waals surface area contributed by atoms with E-state index >= 15 is 0 Å². The van der Waals surface area contributed by atoms with E-state index < -0.39 is 0 Å². The number of anilines is 4. The molecule has 68 heavy (non-hydrogen) atoms. The molecule has 22 nitrogen and oxygen atoms in total. The molecule has 0 aliphatic carbocycles. The zero-order valence-corrected chi connectivity index (χ0v) is 42.2. The van der Waals surface area contributed by atoms with Gasteiger partial charge in [0.2, 0.25) is 11.9 Å². The zero-order chi connectivity index (χ0) is 49.4. The van der Waals surface area contributed by atoms with E-state index in [1.807, 2.05) is 58.0 Å². The average molecular weight is 941 g/mol. The Kier molecular flexibility index (Phi) is 16.7. The Morgan fingerprint density at radius 2 is 0.838 bits per heavy atom. The standard InChI is InChI=1S/C12H20N6.C11H17N5O.C11H17N5.C10H14N4O.2CH4/c1-7-15-8-9(13-5)16-11(14-6)17-10(8)18(7)12(2,3)4;1-6-13-7-8(16(6)11(2,3)4)14-10(12-5)15-9(7)17;1-7-15-8-9(12-5)13-6-14-10(8)16(7)11(2,3)4;1-6-13-7-8(11-5-12-9(7)15)14(6)10(2,3)4;;/h1-6H3,(H2,13,14,16,17);1-5H3,(H2,12,14,15,17);6H,1-5H3,(H,12,13,14);5H,1-4H3,(H,11,12,15);2*1H4. The Hall–Kier alpha value is -7.00. The number of nitrogens with one attached hydrogen (secondary N) is 6. The van der Waals surface area contributed by atoms with Crippen LogP contribution in [0.1, 0.15) is 121 Å². The molecular formula is C46H76N20O2. The van der Waals surface area contributed by atoms with Crippen molar-refractivity contribution in [2.45, 2.75) is 148 Å². The molecule has 22 heteroatoms. The van der Waals surface area contributed by atoms with Crippen molar-refractivity contribution < 1.29 is 0 Å². The lowest BCUT2D eigenvalue weighted by atomic mass is 10.1. The number of H-pyrrole nitrogens is 2. The van der Waals surface area contributed by atoms with Crippen LogP contribution in [-0.2, 0) is 22.2 Å². The lowest BCUT2D eigenvalue weighted by Gasteiger charge is -2.23. The predicted molar refractivity (Wildman–Crippen MR) is 278 cm³/mol. The molecule has 0 amide bonds. The van der Waals surface area contributed by atoms with Gasteiger partial charge in [0.05, 0.1) is 6.33 Å². The van der Waals surface area contributed by atoms with Crippen LogP contribution < -0.4 is 32.4 Å². The maximum Gasteiger partial charge on any atom is 0.280 e. The number of hydrogen-bond donors (Lipinski definition) is 6. The van der Waals surface area contributed by atoms with Gasteiger partial charge < -0.3 is 44.5 Å². The van der Waals surface area contributed by atoms with Crippen molar-refractivity contribution in [2.24, 2.45) is 0 Å². The number of aryl methyl sites for hydroxylation is 4. The third-order valence-electron chi connectivity index (χ3n) is 10.2. The fourth-order valence-electron chi connectivity index (χ4n) is 7.96. The van der Waals surface area contributed by atoms with Gasteiger partial charge in [-0.05, 0) is 111 Å². The molecule has 6 N–H and O–H groups in total. The second-order valence-corrected chi connectivity index (χ2v) is 19.6. The molecule has 0 atom stereocenters. The van der Waals surface area contributed by atoms with Gasteiger partial charge in [-0.25, -0.2) is 34.9 Å². The minimum atomic E-state index is -0.217. The van der Waals surface area contributed by atoms with Crippen molar-refractivity contribution in [2.75, 3.05) is 49.5 Å². The number of fused-ring (bicyclic) bond motifs is 4. The van der Waals surface area contributed by atoms with Crippen LogP contribution in [-0.4, -0.2) is 106 Å². The molecule has 8 heterocycles. The first-order chi connectivity index (χ1) is 30.6. The number of nitrogens with zero attached hydrogens (tertiary/aromatic N) is 14. The molecule has 372 valence electrons. The Balaban J connectivity index is 0.000000238. The number of aromatic nitrogens is 16. The van der Waals surface area contributed by atoms with E-state index in [2.05, 4.69) is 173 Å². The van der Waals surface area contributed by atoms with Crippen LogP contribution >= 0.6 is 0 Å². The minimum absolute atomic E-state index is 0. The van der Waals surface area contributed by atoms with Crippen molar-refractivity contribution in [1.29, 1.82) is 0 Å². The minimum Gasteiger partial charge on any atom is -0.371 e. The summed E-state index contributed by atoms with van der Waals surface area (Å²) in [4.78, 5) is 72.1. The molecule has 0 radical (unpaired) electrons. The first-order valence-corrected chi connectivity index (χ1v) is 21.7. The van der Waals surface area contributed by atoms with E-state index in [0.717, 1.165) is 57.3 Å². The van der Waals surface area contributed by atoms with Gasteiger partial charge in [0.1, 0.15) is 29.6 Å². The molecule has 0 saturated heterocycles. The van der Waals surface area contributed by atoms with Crippen LogP contribution in [0.2, 0.25) is 0 Å². The van der Waals surface area contributed by atoms with Gasteiger partial charge in [0.15, 0.2) is 56.3 Å². The molecule has 0 aliphatic heterocycles. The van der Waals surface area contributed by atoms with Crippen molar-refractivity contribution >= 4 is 68.2 Å². The van der Waals surface area contributed by atoms with E-state index in [4.69, 9.17) is 0 Å². The lowest BCUT2D eigenvalue weighted by molar-refractivity contribution is 0.397. The molecule has 0 saturated carbocycles. The van der Waals surface area contributed by atoms with Gasteiger partial charge in [0, 0.05) is 50.3 Å². The Labute approximate surface area is 399 Å². The largest absolute Gasteiger partial charge is 0.371 e. The first kappa shape index (κ1) is 55.3. The fraction of sp³-hybridized carbons (Fsp3) is 0.565. The highest BCUT2D eigenvalue weighted by Crippen LogP contribution is 2.29. The van der Waals surface area contributed by atoms with E-state index in [-0.39, 0.29) is 48.1 Å². The highest BCUT2D eigenvalue weighted by Gasteiger charge is 2.25. The molecule has 0 bridgehead atoms. The summed E-state index contributed by atoms with van der Waals surface area (Å²) in [5.41, 5.74) is 4.63. The van der Waals surface area contributed by atoms with Gasteiger partial charge in [-0.2, -0.15) is 15.0 Å². The number of aromatic amines is 2. The summed E-state index contributed by atoms with van der Waals surface area (Å²) in [5.74, 6) is 6.06. The third kappa shape index (κ3) is 11.2. The molecule has 0 fully saturated rings. The fourth-order valence-corrected chi connectivity index (χ4v) is 7.96. The summed E-state index contributed by atoms with van der Waals surface area (Å²) in [6, 6.07) is 0. The summed E-state index contributed by atoms with van der Waals surface area (Å²) in [6.07, 6.45) is 2.98. The summed E-state index contributed by atoms with van der Waals surface area (Å²) >= 11 is 0. The van der Waals surface area contributed by atoms with Crippen LogP contribution in [0, 0.1) is 27.7 Å². The summed E-state index contributed by atoms with van der Waals surface area (Å²) in [5, 5.41) is 11.9. The molecule has 8 rings (SSSR count). The van der Waals surface area contributed by atoms with Crippen molar-refractivity contribution in [3.8, 4) is 0 Å². The molecule has 0 unspecified atom stereocenters. The quantitative estimate of drug-likeness (QED) is 0.0993. The average Bonchev–Trinajstić information content (AvgIpc) is 3.96. The molecule has 8 aromatic rings. The SMILES string of the molecule is C.C.CNc1nc(NC)c2nc(C)n(C(C)(C)C)c2n1.CNc1nc2c(nc(C)n2C(C)(C)C)c(=O)[nH]1.CNc1ncnc2c1nc(C)n2C(C)(C)C.Cc1nc2c(=O)[nH]cnc2n1C(C)(C)C. The number of hydrogen-bond acceptors (Lipinski definition) is 16. The maximum atomic E-state index is 11.8. The molecule has 0 spiro atoms. The molecule has 0 aliphatic rings. The summed E-state index contributed by atoms with van der Waals surface area (Å²) in [6.45, 7) is 32.9. The second kappa shape index (κ2) is 20.5. The lowest BCUT2D eigenvalue weighted by Crippen LogP contribution is -2.24. The van der Waals surface area contributed by atoms with E-state index in [0.29, 0.717) is 34.2 Å². The molecular weight excluding hydrogens is 865 g/mol. The van der Waals surface area contributed by atoms with Gasteiger partial charge in [0.25, 0.3) is 11.1 Å². The van der Waals surface area contributed by atoms with Gasteiger partial charge >= 0.3 is 0 Å². The normalized spacial score (nSPS) is 11.7. The smallest absolute Gasteiger partial charge is 0.280 e. The summed E-state index contributed by atoms with van der Waals surface area (Å²) < 4.78 is 8.20. The topological polar surface area (TPSA) is 262 Å². The van der Waals surface area contributed by atoms with E-state index in [9.17, 15) is 9.59 Å². The second-order valence-electron chi connectivity index (χ2n) is 19.6. The Morgan fingerprint density at radius 3 is 1.26 bits per heavy atom. The Morgan fingerprint density at radius 1 is 0.441 bits per heavy atom. The van der Waals surface area contributed by atoms with Crippen LogP contribution in [0.15, 0.2) is 22.2 Å². The van der Waals surface area contributed by atoms with Crippen LogP contribution in [0.4, 0.5) is 23.5 Å². The third-order valence-corrected chi connectivity index (χ3v) is 10.2. The van der Waals surface area contributed by atoms with Crippen molar-refractivity contribution in [3.63, 3.8) is 0 Å². The van der Waals surface area contributed by atoms with Crippen molar-refractivity contribution in [1.82, 2.24) is 78.1 Å². The molecule has 8 aromatic heterocycles. The molecule has 0 aromatic carbocycles. The van der Waals surface area contributed by atoms with Crippen LogP contribution in [0.5, 0.6) is 0 Å². The van der Waals surface area contributed by atoms with Gasteiger partial charge in [-0.1, -0.05) is 14.9 Å². The summed E-state index contributed by atoms with van der Waals surface area (Å²) in [7, 11) is 7.21. The van der Waals surface area contributed by atoms with E-state index in [1.54, 1.807) is 13.4 Å². The zero-order valence-electron chi connectivity index (χ0n) is 42.2. The number of imidazole rings is 4. The predicted octanol–water partition coefficient (Wildman–Crippen LogP) is 7.58. The first-order valence-electron chi connectivity index (χ1n) is 21.7. The number of rotatable bonds is 4. The van der Waals surface area contributed by atoms with Crippen LogP contribution in [0.3, 0.4) is 0 Å². The van der Waals surface area contributed by atoms with Gasteiger partial charge in [-0.15, -0.1) is 0 Å². The monoisotopic (exact) mass is 941 g/mol. The highest BCUT2D eigenvalue weighted by atomic mass is 16.1. The van der Waals surface area contributed by atoms with Crippen molar-refractivity contribution in [3.05, 3.63) is 56.7 Å². The van der Waals surface area contributed by atoms with Crippen LogP contribution in [0.25, 0.3) is 44.7 Å².